The van der Waals surface area contributed by atoms with E-state index in [2.05, 4.69) is 21.3 Å². The van der Waals surface area contributed by atoms with Gasteiger partial charge in [-0.25, -0.2) is 4.79 Å². The van der Waals surface area contributed by atoms with E-state index >= 15 is 0 Å². The van der Waals surface area contributed by atoms with Crippen LogP contribution in [0.4, 0.5) is 10.5 Å². The highest BCUT2D eigenvalue weighted by molar-refractivity contribution is 5.68. The van der Waals surface area contributed by atoms with Crippen molar-refractivity contribution in [2.24, 2.45) is 0 Å². The number of amides is 1. The standard InChI is InChI=1S/C16H25N3O2/c1-12-7-8-14(10-17-12)19-9-5-6-13(11-19)18-15(20)21-16(2,3)4/h7-8,10,13H,5-6,9,11H2,1-4H3,(H,18,20)/t13-/m0/s1. The van der Waals surface area contributed by atoms with Crippen LogP contribution in [0.3, 0.4) is 0 Å². The van der Waals surface area contributed by atoms with Crippen LogP contribution in [0.25, 0.3) is 0 Å². The number of anilines is 1. The summed E-state index contributed by atoms with van der Waals surface area (Å²) in [6.45, 7) is 9.39. The topological polar surface area (TPSA) is 54.5 Å². The van der Waals surface area contributed by atoms with Crippen LogP contribution in [0.5, 0.6) is 0 Å². The van der Waals surface area contributed by atoms with E-state index in [1.165, 1.54) is 0 Å². The van der Waals surface area contributed by atoms with Gasteiger partial charge in [-0.2, -0.15) is 0 Å². The summed E-state index contributed by atoms with van der Waals surface area (Å²) < 4.78 is 5.32. The van der Waals surface area contributed by atoms with Gasteiger partial charge >= 0.3 is 6.09 Å². The Balaban J connectivity index is 1.91. The summed E-state index contributed by atoms with van der Waals surface area (Å²) in [4.78, 5) is 18.4. The minimum absolute atomic E-state index is 0.120. The summed E-state index contributed by atoms with van der Waals surface area (Å²) in [5, 5.41) is 2.96. The number of ether oxygens (including phenoxy) is 1. The highest BCUT2D eigenvalue weighted by Crippen LogP contribution is 2.19. The highest BCUT2D eigenvalue weighted by atomic mass is 16.6. The van der Waals surface area contributed by atoms with Gasteiger partial charge in [0.25, 0.3) is 0 Å². The first kappa shape index (κ1) is 15.6. The second kappa shape index (κ2) is 6.33. The average Bonchev–Trinajstić information content (AvgIpc) is 2.37. The number of hydrogen-bond donors (Lipinski definition) is 1. The molecule has 1 atom stereocenters. The van der Waals surface area contributed by atoms with E-state index in [1.54, 1.807) is 0 Å². The lowest BCUT2D eigenvalue weighted by Crippen LogP contribution is -2.49. The normalized spacial score (nSPS) is 19.2. The molecule has 21 heavy (non-hydrogen) atoms. The molecular weight excluding hydrogens is 266 g/mol. The van der Waals surface area contributed by atoms with Gasteiger partial charge in [-0.05, 0) is 52.7 Å². The first-order chi connectivity index (χ1) is 9.83. The maximum atomic E-state index is 11.9. The third-order valence-electron chi connectivity index (χ3n) is 3.40. The molecule has 1 saturated heterocycles. The number of piperidine rings is 1. The second-order valence-electron chi connectivity index (χ2n) is 6.59. The molecule has 1 aliphatic rings. The number of rotatable bonds is 2. The zero-order chi connectivity index (χ0) is 15.5. The lowest BCUT2D eigenvalue weighted by Gasteiger charge is -2.34. The van der Waals surface area contributed by atoms with Gasteiger partial charge in [0.1, 0.15) is 5.60 Å². The van der Waals surface area contributed by atoms with E-state index in [-0.39, 0.29) is 12.1 Å². The highest BCUT2D eigenvalue weighted by Gasteiger charge is 2.24. The molecule has 1 amide bonds. The lowest BCUT2D eigenvalue weighted by atomic mass is 10.1. The third kappa shape index (κ3) is 4.92. The molecule has 1 N–H and O–H groups in total. The van der Waals surface area contributed by atoms with Crippen LogP contribution in [0, 0.1) is 6.92 Å². The maximum absolute atomic E-state index is 11.9. The largest absolute Gasteiger partial charge is 0.444 e. The number of hydrogen-bond acceptors (Lipinski definition) is 4. The van der Waals surface area contributed by atoms with Gasteiger partial charge in [0.05, 0.1) is 11.9 Å². The van der Waals surface area contributed by atoms with Crippen molar-refractivity contribution >= 4 is 11.8 Å². The van der Waals surface area contributed by atoms with Gasteiger partial charge in [-0.15, -0.1) is 0 Å². The average molecular weight is 291 g/mol. The Bertz CT molecular complexity index is 479. The summed E-state index contributed by atoms with van der Waals surface area (Å²) in [7, 11) is 0. The maximum Gasteiger partial charge on any atom is 0.407 e. The fraction of sp³-hybridized carbons (Fsp3) is 0.625. The number of nitrogens with zero attached hydrogens (tertiary/aromatic N) is 2. The number of nitrogens with one attached hydrogen (secondary N) is 1. The molecule has 5 nitrogen and oxygen atoms in total. The predicted octanol–water partition coefficient (Wildman–Crippen LogP) is 2.88. The summed E-state index contributed by atoms with van der Waals surface area (Å²) in [5.41, 5.74) is 1.66. The fourth-order valence-electron chi connectivity index (χ4n) is 2.45. The van der Waals surface area contributed by atoms with Crippen LogP contribution in [0.1, 0.15) is 39.3 Å². The van der Waals surface area contributed by atoms with Crippen molar-refractivity contribution in [1.82, 2.24) is 10.3 Å². The summed E-state index contributed by atoms with van der Waals surface area (Å²) in [5.74, 6) is 0. The molecule has 0 spiro atoms. The molecule has 2 heterocycles. The number of alkyl carbamates (subject to hydrolysis) is 1. The molecular formula is C16H25N3O2. The summed E-state index contributed by atoms with van der Waals surface area (Å²) >= 11 is 0. The van der Waals surface area contributed by atoms with Crippen LogP contribution in [0.2, 0.25) is 0 Å². The molecule has 1 aliphatic heterocycles. The van der Waals surface area contributed by atoms with Gasteiger partial charge in [0, 0.05) is 24.8 Å². The molecule has 0 aromatic carbocycles. The summed E-state index contributed by atoms with van der Waals surface area (Å²) in [6.07, 6.45) is 3.59. The van der Waals surface area contributed by atoms with E-state index < -0.39 is 5.60 Å². The van der Waals surface area contributed by atoms with Crippen LogP contribution < -0.4 is 10.2 Å². The Morgan fingerprint density at radius 3 is 2.81 bits per heavy atom. The first-order valence-corrected chi connectivity index (χ1v) is 7.50. The molecule has 0 unspecified atom stereocenters. The fourth-order valence-corrected chi connectivity index (χ4v) is 2.45. The van der Waals surface area contributed by atoms with Crippen molar-refractivity contribution < 1.29 is 9.53 Å². The van der Waals surface area contributed by atoms with Crippen molar-refractivity contribution in [2.75, 3.05) is 18.0 Å². The second-order valence-corrected chi connectivity index (χ2v) is 6.59. The number of aromatic nitrogens is 1. The molecule has 2 rings (SSSR count). The summed E-state index contributed by atoms with van der Waals surface area (Å²) in [6, 6.07) is 4.22. The van der Waals surface area contributed by atoms with Crippen LogP contribution in [0.15, 0.2) is 18.3 Å². The molecule has 0 aliphatic carbocycles. The zero-order valence-corrected chi connectivity index (χ0v) is 13.3. The SMILES string of the molecule is Cc1ccc(N2CCC[C@H](NC(=O)OC(C)(C)C)C2)cn1. The Kier molecular flexibility index (Phi) is 4.70. The number of carbonyl (C=O) groups excluding carboxylic acids is 1. The third-order valence-corrected chi connectivity index (χ3v) is 3.40. The van der Waals surface area contributed by atoms with Gasteiger partial charge in [0.2, 0.25) is 0 Å². The van der Waals surface area contributed by atoms with E-state index in [0.29, 0.717) is 0 Å². The van der Waals surface area contributed by atoms with Crippen LogP contribution in [-0.4, -0.2) is 35.8 Å². The zero-order valence-electron chi connectivity index (χ0n) is 13.3. The van der Waals surface area contributed by atoms with Crippen molar-refractivity contribution in [3.63, 3.8) is 0 Å². The molecule has 1 aromatic heterocycles. The van der Waals surface area contributed by atoms with Crippen LogP contribution in [-0.2, 0) is 4.74 Å². The minimum Gasteiger partial charge on any atom is -0.444 e. The molecule has 0 saturated carbocycles. The Morgan fingerprint density at radius 2 is 2.19 bits per heavy atom. The van der Waals surface area contributed by atoms with Gasteiger partial charge in [0.15, 0.2) is 0 Å². The lowest BCUT2D eigenvalue weighted by molar-refractivity contribution is 0.0500. The predicted molar refractivity (Wildman–Crippen MR) is 83.6 cm³/mol. The van der Waals surface area contributed by atoms with E-state index in [4.69, 9.17) is 4.74 Å². The van der Waals surface area contributed by atoms with Crippen LogP contribution >= 0.6 is 0 Å². The van der Waals surface area contributed by atoms with Gasteiger partial charge in [-0.1, -0.05) is 0 Å². The van der Waals surface area contributed by atoms with Crippen molar-refractivity contribution in [3.8, 4) is 0 Å². The molecule has 1 aromatic rings. The van der Waals surface area contributed by atoms with E-state index in [9.17, 15) is 4.79 Å². The Hall–Kier alpha value is -1.78. The van der Waals surface area contributed by atoms with Gasteiger partial charge < -0.3 is 15.0 Å². The monoisotopic (exact) mass is 291 g/mol. The van der Waals surface area contributed by atoms with Gasteiger partial charge in [-0.3, -0.25) is 4.98 Å². The van der Waals surface area contributed by atoms with E-state index in [0.717, 1.165) is 37.3 Å². The molecule has 1 fully saturated rings. The number of pyridine rings is 1. The Labute approximate surface area is 126 Å². The number of carbonyl (C=O) groups is 1. The molecule has 116 valence electrons. The Morgan fingerprint density at radius 1 is 1.43 bits per heavy atom. The smallest absolute Gasteiger partial charge is 0.407 e. The quantitative estimate of drug-likeness (QED) is 0.910. The number of aryl methyl sites for hydroxylation is 1. The first-order valence-electron chi connectivity index (χ1n) is 7.50. The molecule has 0 bridgehead atoms. The van der Waals surface area contributed by atoms with Crippen molar-refractivity contribution in [2.45, 2.75) is 52.2 Å². The van der Waals surface area contributed by atoms with Crippen molar-refractivity contribution in [1.29, 1.82) is 0 Å². The van der Waals surface area contributed by atoms with Crippen molar-refractivity contribution in [3.05, 3.63) is 24.0 Å². The molecule has 5 heteroatoms. The van der Waals surface area contributed by atoms with E-state index in [1.807, 2.05) is 40.0 Å². The molecule has 0 radical (unpaired) electrons. The minimum atomic E-state index is -0.459.